The van der Waals surface area contributed by atoms with Crippen molar-refractivity contribution in [3.8, 4) is 17.6 Å². The van der Waals surface area contributed by atoms with Crippen LogP contribution in [0.25, 0.3) is 0 Å². The van der Waals surface area contributed by atoms with Crippen molar-refractivity contribution >= 4 is 11.9 Å². The summed E-state index contributed by atoms with van der Waals surface area (Å²) in [5.74, 6) is 13.0. The Kier molecular flexibility index (Phi) is 7.08. The fraction of sp³-hybridized carbons (Fsp3) is 0.615. The second kappa shape index (κ2) is 9.84. The summed E-state index contributed by atoms with van der Waals surface area (Å²) >= 11 is 0. The van der Waals surface area contributed by atoms with E-state index in [4.69, 9.17) is 20.1 Å². The number of benzene rings is 1. The molecule has 0 aromatic heterocycles. The third-order valence-corrected chi connectivity index (χ3v) is 5.84. The lowest BCUT2D eigenvalue weighted by atomic mass is 9.84. The predicted octanol–water partition coefficient (Wildman–Crippen LogP) is 3.05. The smallest absolute Gasteiger partial charge is 0.176 e. The second-order valence-corrected chi connectivity index (χ2v) is 10.9. The van der Waals surface area contributed by atoms with E-state index in [1.165, 1.54) is 0 Å². The van der Waals surface area contributed by atoms with Crippen molar-refractivity contribution in [2.45, 2.75) is 52.9 Å². The van der Waals surface area contributed by atoms with Crippen LogP contribution in [0.1, 0.15) is 51.7 Å². The number of hydrogen-bond donors (Lipinski definition) is 1. The average molecular weight is 453 g/mol. The number of aliphatic imine (C=N–C) groups is 1. The van der Waals surface area contributed by atoms with E-state index in [0.29, 0.717) is 30.9 Å². The fourth-order valence-electron chi connectivity index (χ4n) is 4.03. The molecule has 1 saturated carbocycles. The van der Waals surface area contributed by atoms with E-state index in [2.05, 4.69) is 54.5 Å². The number of ether oxygens (including phenoxy) is 3. The highest BCUT2D eigenvalue weighted by Gasteiger charge is 2.33. The first-order valence-corrected chi connectivity index (χ1v) is 11.8. The van der Waals surface area contributed by atoms with Gasteiger partial charge < -0.3 is 20.1 Å². The minimum Gasteiger partial charge on any atom is -0.490 e. The molecule has 178 valence electrons. The van der Waals surface area contributed by atoms with Crippen LogP contribution >= 0.6 is 0 Å². The van der Waals surface area contributed by atoms with Gasteiger partial charge in [-0.15, -0.1) is 0 Å². The third kappa shape index (κ3) is 6.80. The molecule has 3 aliphatic rings. The van der Waals surface area contributed by atoms with Gasteiger partial charge in [-0.1, -0.05) is 39.5 Å². The zero-order chi connectivity index (χ0) is 23.5. The lowest BCUT2D eigenvalue weighted by Crippen LogP contribution is -2.52. The summed E-state index contributed by atoms with van der Waals surface area (Å²) in [6.45, 7) is 13.5. The van der Waals surface area contributed by atoms with E-state index >= 15 is 0 Å². The van der Waals surface area contributed by atoms with Crippen molar-refractivity contribution in [3.63, 3.8) is 0 Å². The highest BCUT2D eigenvalue weighted by molar-refractivity contribution is 6.38. The molecule has 0 atom stereocenters. The lowest BCUT2D eigenvalue weighted by molar-refractivity contribution is -0.215. The molecule has 2 aliphatic heterocycles. The highest BCUT2D eigenvalue weighted by Crippen LogP contribution is 2.31. The van der Waals surface area contributed by atoms with Gasteiger partial charge in [-0.3, -0.25) is 9.89 Å². The number of hydrazone groups is 1. The Hall–Kier alpha value is -2.40. The molecule has 2 saturated heterocycles. The normalized spacial score (nSPS) is 23.1. The highest BCUT2D eigenvalue weighted by atomic mass is 16.7. The first-order chi connectivity index (χ1) is 15.7. The van der Waals surface area contributed by atoms with E-state index < -0.39 is 0 Å². The third-order valence-electron chi connectivity index (χ3n) is 5.84. The van der Waals surface area contributed by atoms with Gasteiger partial charge in [0, 0.05) is 35.8 Å². The van der Waals surface area contributed by atoms with Crippen LogP contribution in [0, 0.1) is 22.7 Å². The number of nitrogens with two attached hydrogens (primary N) is 1. The molecule has 0 spiro atoms. The van der Waals surface area contributed by atoms with Gasteiger partial charge in [0.25, 0.3) is 0 Å². The van der Waals surface area contributed by atoms with Gasteiger partial charge in [0.2, 0.25) is 0 Å². The minimum atomic E-state index is -0.342. The van der Waals surface area contributed by atoms with Gasteiger partial charge in [-0.05, 0) is 36.5 Å². The van der Waals surface area contributed by atoms with Crippen molar-refractivity contribution in [3.05, 3.63) is 29.3 Å². The molecule has 1 aromatic carbocycles. The molecule has 1 aromatic rings. The summed E-state index contributed by atoms with van der Waals surface area (Å²) in [6, 6.07) is 5.92. The molecule has 4 rings (SSSR count). The van der Waals surface area contributed by atoms with Gasteiger partial charge in [-0.25, -0.2) is 0 Å². The Labute approximate surface area is 197 Å². The maximum atomic E-state index is 6.16. The summed E-state index contributed by atoms with van der Waals surface area (Å²) in [7, 11) is 0. The molecule has 0 amide bonds. The number of hydrogen-bond acceptors (Lipinski definition) is 7. The summed E-state index contributed by atoms with van der Waals surface area (Å²) in [4.78, 5) is 6.83. The molecule has 0 radical (unpaired) electrons. The molecular formula is C26H36N4O3. The SMILES string of the molecule is CC1(C)COC(CN=C/C(=N\N)c2ccc(C#CCN3CC(C)(C)C3)cc2OC2CC2)OC1. The van der Waals surface area contributed by atoms with E-state index in [1.54, 1.807) is 6.21 Å². The van der Waals surface area contributed by atoms with Crippen molar-refractivity contribution in [1.29, 1.82) is 0 Å². The minimum absolute atomic E-state index is 0.0373. The van der Waals surface area contributed by atoms with E-state index in [9.17, 15) is 0 Å². The molecular weight excluding hydrogens is 416 g/mol. The molecule has 3 fully saturated rings. The zero-order valence-corrected chi connectivity index (χ0v) is 20.3. The van der Waals surface area contributed by atoms with Crippen LogP contribution in [-0.2, 0) is 9.47 Å². The largest absolute Gasteiger partial charge is 0.490 e. The number of rotatable bonds is 7. The monoisotopic (exact) mass is 452 g/mol. The summed E-state index contributed by atoms with van der Waals surface area (Å²) in [5, 5.41) is 3.96. The van der Waals surface area contributed by atoms with Crippen molar-refractivity contribution < 1.29 is 14.2 Å². The molecule has 0 unspecified atom stereocenters. The van der Waals surface area contributed by atoms with Gasteiger partial charge in [0.15, 0.2) is 6.29 Å². The van der Waals surface area contributed by atoms with Crippen LogP contribution in [0.2, 0.25) is 0 Å². The first kappa shape index (κ1) is 23.7. The Balaban J connectivity index is 1.40. The molecule has 2 heterocycles. The van der Waals surface area contributed by atoms with Crippen molar-refractivity contribution in [1.82, 2.24) is 4.90 Å². The van der Waals surface area contributed by atoms with Gasteiger partial charge in [-0.2, -0.15) is 5.10 Å². The predicted molar refractivity (Wildman–Crippen MR) is 131 cm³/mol. The Morgan fingerprint density at radius 2 is 1.91 bits per heavy atom. The van der Waals surface area contributed by atoms with Crippen LogP contribution in [0.15, 0.2) is 28.3 Å². The summed E-state index contributed by atoms with van der Waals surface area (Å²) in [5.41, 5.74) is 2.75. The van der Waals surface area contributed by atoms with Gasteiger partial charge in [0.1, 0.15) is 11.5 Å². The van der Waals surface area contributed by atoms with E-state index in [-0.39, 0.29) is 17.8 Å². The zero-order valence-electron chi connectivity index (χ0n) is 20.3. The summed E-state index contributed by atoms with van der Waals surface area (Å²) < 4.78 is 17.6. The molecule has 7 nitrogen and oxygen atoms in total. The summed E-state index contributed by atoms with van der Waals surface area (Å²) in [6.07, 6.45) is 3.70. The molecule has 1 aliphatic carbocycles. The molecule has 0 bridgehead atoms. The van der Waals surface area contributed by atoms with Gasteiger partial charge in [0.05, 0.1) is 32.4 Å². The number of likely N-dealkylation sites (tertiary alicyclic amines) is 1. The van der Waals surface area contributed by atoms with Crippen molar-refractivity contribution in [2.24, 2.45) is 26.8 Å². The van der Waals surface area contributed by atoms with Crippen LogP contribution in [-0.4, -0.2) is 68.6 Å². The molecule has 2 N–H and O–H groups in total. The number of nitrogens with zero attached hydrogens (tertiary/aromatic N) is 3. The first-order valence-electron chi connectivity index (χ1n) is 11.8. The van der Waals surface area contributed by atoms with Crippen LogP contribution in [0.3, 0.4) is 0 Å². The van der Waals surface area contributed by atoms with Crippen LogP contribution in [0.4, 0.5) is 0 Å². The van der Waals surface area contributed by atoms with Crippen molar-refractivity contribution in [2.75, 3.05) is 39.4 Å². The quantitative estimate of drug-likeness (QED) is 0.298. The topological polar surface area (TPSA) is 81.7 Å². The van der Waals surface area contributed by atoms with E-state index in [1.807, 2.05) is 18.2 Å². The molecule has 7 heteroatoms. The molecule has 33 heavy (non-hydrogen) atoms. The standard InChI is InChI=1S/C26H36N4O3/c1-25(2)15-30(16-25)11-5-6-19-7-10-21(23(12-19)33-20-8-9-20)22(29-27)13-28-14-24-31-17-26(3,4)18-32-24/h7,10,12-13,20,24H,8-9,11,14-18,27H2,1-4H3/b28-13?,29-22+. The average Bonchev–Trinajstić information content (AvgIpc) is 3.56. The van der Waals surface area contributed by atoms with E-state index in [0.717, 1.165) is 49.4 Å². The Morgan fingerprint density at radius 1 is 1.18 bits per heavy atom. The van der Waals surface area contributed by atoms with Crippen LogP contribution in [0.5, 0.6) is 5.75 Å². The van der Waals surface area contributed by atoms with Crippen LogP contribution < -0.4 is 10.6 Å². The fourth-order valence-corrected chi connectivity index (χ4v) is 4.03. The maximum Gasteiger partial charge on any atom is 0.176 e. The van der Waals surface area contributed by atoms with Gasteiger partial charge >= 0.3 is 0 Å². The Morgan fingerprint density at radius 3 is 2.55 bits per heavy atom. The maximum absolute atomic E-state index is 6.16. The Bertz CT molecular complexity index is 951. The second-order valence-electron chi connectivity index (χ2n) is 10.9. The lowest BCUT2D eigenvalue weighted by Gasteiger charge is -2.44.